The van der Waals surface area contributed by atoms with E-state index < -0.39 is 21.4 Å². The molecule has 0 bridgehead atoms. The van der Waals surface area contributed by atoms with Gasteiger partial charge in [0, 0.05) is 11.2 Å². The summed E-state index contributed by atoms with van der Waals surface area (Å²) in [5.74, 6) is -0.733. The van der Waals surface area contributed by atoms with Crippen LogP contribution in [0.1, 0.15) is 38.2 Å². The zero-order chi connectivity index (χ0) is 14.3. The van der Waals surface area contributed by atoms with E-state index in [4.69, 9.17) is 5.73 Å². The largest absolute Gasteiger partial charge is 0.399 e. The average molecular weight is 286 g/mol. The third-order valence-electron chi connectivity index (χ3n) is 3.62. The molecular weight excluding hydrogens is 267 g/mol. The number of aryl methyl sites for hydroxylation is 1. The van der Waals surface area contributed by atoms with Crippen molar-refractivity contribution >= 4 is 15.7 Å². The Kier molecular flexibility index (Phi) is 3.57. The highest BCUT2D eigenvalue weighted by Crippen LogP contribution is 2.31. The van der Waals surface area contributed by atoms with Crippen LogP contribution in [0.15, 0.2) is 17.0 Å². The third kappa shape index (κ3) is 2.90. The molecule has 0 saturated heterocycles. The zero-order valence-electron chi connectivity index (χ0n) is 11.2. The van der Waals surface area contributed by atoms with Gasteiger partial charge in [0.05, 0.1) is 0 Å². The first-order valence-corrected chi connectivity index (χ1v) is 7.81. The molecule has 0 spiro atoms. The highest BCUT2D eigenvalue weighted by molar-refractivity contribution is 7.89. The van der Waals surface area contributed by atoms with Gasteiger partial charge in [-0.3, -0.25) is 0 Å². The predicted molar refractivity (Wildman–Crippen MR) is 72.7 cm³/mol. The molecule has 0 radical (unpaired) electrons. The second-order valence-corrected chi connectivity index (χ2v) is 7.17. The monoisotopic (exact) mass is 286 g/mol. The molecule has 19 heavy (non-hydrogen) atoms. The van der Waals surface area contributed by atoms with Gasteiger partial charge < -0.3 is 5.73 Å². The van der Waals surface area contributed by atoms with Gasteiger partial charge in [0.25, 0.3) is 0 Å². The Morgan fingerprint density at radius 2 is 1.89 bits per heavy atom. The Morgan fingerprint density at radius 1 is 1.32 bits per heavy atom. The molecule has 1 aromatic rings. The van der Waals surface area contributed by atoms with E-state index in [-0.39, 0.29) is 16.1 Å². The maximum absolute atomic E-state index is 14.0. The van der Waals surface area contributed by atoms with E-state index in [0.29, 0.717) is 0 Å². The highest BCUT2D eigenvalue weighted by atomic mass is 32.2. The summed E-state index contributed by atoms with van der Waals surface area (Å²) in [5.41, 5.74) is 5.60. The summed E-state index contributed by atoms with van der Waals surface area (Å²) in [6.45, 7) is 3.36. The molecule has 1 aromatic carbocycles. The molecule has 6 heteroatoms. The highest BCUT2D eigenvalue weighted by Gasteiger charge is 2.34. The number of rotatable bonds is 3. The minimum absolute atomic E-state index is 0.233. The van der Waals surface area contributed by atoms with Crippen LogP contribution in [0.4, 0.5) is 10.1 Å². The second kappa shape index (κ2) is 4.76. The Morgan fingerprint density at radius 3 is 2.47 bits per heavy atom. The standard InChI is InChI=1S/C13H19FN2O2S/c1-9-7-10(15)8-11(12(9)14)19(17,18)16-13(2)5-3-4-6-13/h7-8,16H,3-6,15H2,1-2H3. The molecule has 0 atom stereocenters. The molecule has 0 aromatic heterocycles. The number of nitrogens with two attached hydrogens (primary N) is 1. The Labute approximate surface area is 113 Å². The first kappa shape index (κ1) is 14.3. The fourth-order valence-electron chi connectivity index (χ4n) is 2.60. The van der Waals surface area contributed by atoms with Crippen molar-refractivity contribution < 1.29 is 12.8 Å². The molecule has 1 aliphatic rings. The molecule has 1 saturated carbocycles. The van der Waals surface area contributed by atoms with Crippen LogP contribution >= 0.6 is 0 Å². The van der Waals surface area contributed by atoms with Crippen molar-refractivity contribution in [2.75, 3.05) is 5.73 Å². The van der Waals surface area contributed by atoms with Crippen LogP contribution in [0, 0.1) is 12.7 Å². The van der Waals surface area contributed by atoms with Crippen LogP contribution < -0.4 is 10.5 Å². The number of halogens is 1. The lowest BCUT2D eigenvalue weighted by Crippen LogP contribution is -2.43. The number of nitrogen functional groups attached to an aromatic ring is 1. The number of benzene rings is 1. The van der Waals surface area contributed by atoms with Gasteiger partial charge in [-0.2, -0.15) is 0 Å². The van der Waals surface area contributed by atoms with Crippen LogP contribution in [-0.4, -0.2) is 14.0 Å². The van der Waals surface area contributed by atoms with E-state index in [1.165, 1.54) is 19.1 Å². The molecule has 0 amide bonds. The number of anilines is 1. The van der Waals surface area contributed by atoms with E-state index in [0.717, 1.165) is 25.7 Å². The van der Waals surface area contributed by atoms with Gasteiger partial charge in [-0.15, -0.1) is 0 Å². The summed E-state index contributed by atoms with van der Waals surface area (Å²) < 4.78 is 41.2. The van der Waals surface area contributed by atoms with Gasteiger partial charge in [-0.25, -0.2) is 17.5 Å². The SMILES string of the molecule is Cc1cc(N)cc(S(=O)(=O)NC2(C)CCCC2)c1F. The summed E-state index contributed by atoms with van der Waals surface area (Å²) in [7, 11) is -3.88. The van der Waals surface area contributed by atoms with Gasteiger partial charge in [0.1, 0.15) is 10.7 Å². The smallest absolute Gasteiger partial charge is 0.244 e. The number of hydrogen-bond acceptors (Lipinski definition) is 3. The topological polar surface area (TPSA) is 72.2 Å². The van der Waals surface area contributed by atoms with Gasteiger partial charge >= 0.3 is 0 Å². The summed E-state index contributed by atoms with van der Waals surface area (Å²) in [6, 6.07) is 2.59. The molecular formula is C13H19FN2O2S. The number of sulfonamides is 1. The molecule has 4 nitrogen and oxygen atoms in total. The molecule has 1 fully saturated rings. The number of nitrogens with one attached hydrogen (secondary N) is 1. The Hall–Kier alpha value is -1.14. The second-order valence-electron chi connectivity index (χ2n) is 5.52. The lowest BCUT2D eigenvalue weighted by Gasteiger charge is -2.25. The first-order chi connectivity index (χ1) is 8.73. The molecule has 0 unspecified atom stereocenters. The summed E-state index contributed by atoms with van der Waals surface area (Å²) in [6.07, 6.45) is 3.51. The van der Waals surface area contributed by atoms with Crippen LogP contribution in [0.3, 0.4) is 0 Å². The van der Waals surface area contributed by atoms with E-state index in [9.17, 15) is 12.8 Å². The van der Waals surface area contributed by atoms with Crippen LogP contribution in [0.25, 0.3) is 0 Å². The number of hydrogen-bond donors (Lipinski definition) is 2. The minimum atomic E-state index is -3.88. The van der Waals surface area contributed by atoms with Gasteiger partial charge in [0.2, 0.25) is 10.0 Å². The maximum Gasteiger partial charge on any atom is 0.244 e. The minimum Gasteiger partial charge on any atom is -0.399 e. The van der Waals surface area contributed by atoms with Crippen LogP contribution in [-0.2, 0) is 10.0 Å². The van der Waals surface area contributed by atoms with E-state index >= 15 is 0 Å². The van der Waals surface area contributed by atoms with Crippen molar-refractivity contribution in [1.82, 2.24) is 4.72 Å². The quantitative estimate of drug-likeness (QED) is 0.838. The van der Waals surface area contributed by atoms with E-state index in [1.807, 2.05) is 6.92 Å². The van der Waals surface area contributed by atoms with Crippen molar-refractivity contribution in [2.45, 2.75) is 50.0 Å². The van der Waals surface area contributed by atoms with Gasteiger partial charge in [-0.05, 0) is 44.4 Å². The Bertz CT molecular complexity index is 593. The molecule has 0 heterocycles. The molecule has 2 rings (SSSR count). The average Bonchev–Trinajstić information content (AvgIpc) is 2.68. The van der Waals surface area contributed by atoms with Gasteiger partial charge in [-0.1, -0.05) is 12.8 Å². The maximum atomic E-state index is 14.0. The van der Waals surface area contributed by atoms with Crippen molar-refractivity contribution in [2.24, 2.45) is 0 Å². The lowest BCUT2D eigenvalue weighted by atomic mass is 10.0. The van der Waals surface area contributed by atoms with Crippen molar-refractivity contribution in [1.29, 1.82) is 0 Å². The van der Waals surface area contributed by atoms with Crippen molar-refractivity contribution in [3.8, 4) is 0 Å². The molecule has 1 aliphatic carbocycles. The van der Waals surface area contributed by atoms with E-state index in [2.05, 4.69) is 4.72 Å². The van der Waals surface area contributed by atoms with Crippen LogP contribution in [0.5, 0.6) is 0 Å². The summed E-state index contributed by atoms with van der Waals surface area (Å²) in [5, 5.41) is 0. The lowest BCUT2D eigenvalue weighted by molar-refractivity contribution is 0.425. The molecule has 106 valence electrons. The third-order valence-corrected chi connectivity index (χ3v) is 5.26. The fraction of sp³-hybridized carbons (Fsp3) is 0.538. The predicted octanol–water partition coefficient (Wildman–Crippen LogP) is 2.33. The normalized spacial score (nSPS) is 18.7. The van der Waals surface area contributed by atoms with Gasteiger partial charge in [0.15, 0.2) is 0 Å². The summed E-state index contributed by atoms with van der Waals surface area (Å²) >= 11 is 0. The van der Waals surface area contributed by atoms with Crippen molar-refractivity contribution in [3.05, 3.63) is 23.5 Å². The van der Waals surface area contributed by atoms with Crippen molar-refractivity contribution in [3.63, 3.8) is 0 Å². The zero-order valence-corrected chi connectivity index (χ0v) is 12.0. The summed E-state index contributed by atoms with van der Waals surface area (Å²) in [4.78, 5) is -0.363. The first-order valence-electron chi connectivity index (χ1n) is 6.33. The Balaban J connectivity index is 2.40. The fourth-order valence-corrected chi connectivity index (χ4v) is 4.25. The molecule has 0 aliphatic heterocycles. The van der Waals surface area contributed by atoms with Crippen LogP contribution in [0.2, 0.25) is 0 Å². The van der Waals surface area contributed by atoms with E-state index in [1.54, 1.807) is 0 Å². The molecule has 3 N–H and O–H groups in total.